The molecule has 118 valence electrons. The number of imide groups is 1. The molecule has 0 aromatic heterocycles. The molecule has 0 unspecified atom stereocenters. The van der Waals surface area contributed by atoms with Crippen molar-refractivity contribution in [2.75, 3.05) is 19.6 Å². The van der Waals surface area contributed by atoms with Crippen molar-refractivity contribution in [1.29, 1.82) is 0 Å². The maximum Gasteiger partial charge on any atom is 0.329 e. The first-order chi connectivity index (χ1) is 10.5. The Hall–Kier alpha value is -1.47. The predicted molar refractivity (Wildman–Crippen MR) is 88.2 cm³/mol. The number of hydrogen-bond donors (Lipinski definition) is 0. The Kier molecular flexibility index (Phi) is 5.52. The van der Waals surface area contributed by atoms with E-state index >= 15 is 0 Å². The van der Waals surface area contributed by atoms with Gasteiger partial charge in [0.2, 0.25) is 0 Å². The van der Waals surface area contributed by atoms with Crippen LogP contribution in [0, 0.1) is 0 Å². The summed E-state index contributed by atoms with van der Waals surface area (Å²) in [6, 6.07) is 5.71. The Bertz CT molecular complexity index is 566. The molecule has 0 saturated carbocycles. The SMILES string of the molecule is COC(=O)[C@H](CC(SC)SC)N1C(=O)c2ccccc2C1=O. The fourth-order valence-corrected chi connectivity index (χ4v) is 3.92. The Labute approximate surface area is 137 Å². The quantitative estimate of drug-likeness (QED) is 0.450. The van der Waals surface area contributed by atoms with Crippen LogP contribution in [0.15, 0.2) is 24.3 Å². The highest BCUT2D eigenvalue weighted by Crippen LogP contribution is 2.30. The molecule has 0 saturated heterocycles. The Balaban J connectivity index is 2.35. The van der Waals surface area contributed by atoms with Gasteiger partial charge in [-0.1, -0.05) is 12.1 Å². The fraction of sp³-hybridized carbons (Fsp3) is 0.400. The molecule has 1 heterocycles. The molecule has 1 atom stereocenters. The molecular weight excluding hydrogens is 322 g/mol. The highest BCUT2D eigenvalue weighted by Gasteiger charge is 2.43. The van der Waals surface area contributed by atoms with Gasteiger partial charge in [0.1, 0.15) is 6.04 Å². The summed E-state index contributed by atoms with van der Waals surface area (Å²) in [6.07, 6.45) is 4.22. The van der Waals surface area contributed by atoms with Gasteiger partial charge < -0.3 is 4.74 Å². The van der Waals surface area contributed by atoms with E-state index < -0.39 is 23.8 Å². The second-order valence-electron chi connectivity index (χ2n) is 4.70. The third-order valence-corrected chi connectivity index (χ3v) is 6.14. The summed E-state index contributed by atoms with van der Waals surface area (Å²) in [5.41, 5.74) is 0.678. The minimum Gasteiger partial charge on any atom is -0.467 e. The smallest absolute Gasteiger partial charge is 0.329 e. The van der Waals surface area contributed by atoms with Gasteiger partial charge in [-0.05, 0) is 24.6 Å². The second kappa shape index (κ2) is 7.19. The molecule has 1 aliphatic rings. The van der Waals surface area contributed by atoms with Crippen LogP contribution in [0.4, 0.5) is 0 Å². The van der Waals surface area contributed by atoms with E-state index in [4.69, 9.17) is 4.74 Å². The van der Waals surface area contributed by atoms with Crippen molar-refractivity contribution in [3.63, 3.8) is 0 Å². The van der Waals surface area contributed by atoms with E-state index in [2.05, 4.69) is 0 Å². The van der Waals surface area contributed by atoms with Crippen LogP contribution in [0.2, 0.25) is 0 Å². The van der Waals surface area contributed by atoms with E-state index in [1.54, 1.807) is 47.8 Å². The standard InChI is InChI=1S/C15H17NO4S2/c1-20-15(19)11(8-12(21-2)22-3)16-13(17)9-6-4-5-7-10(9)14(16)18/h4-7,11-12H,8H2,1-3H3/t11-/m0/s1. The Morgan fingerprint density at radius 2 is 1.64 bits per heavy atom. The van der Waals surface area contributed by atoms with Gasteiger partial charge in [0, 0.05) is 6.42 Å². The van der Waals surface area contributed by atoms with Crippen molar-refractivity contribution in [3.05, 3.63) is 35.4 Å². The summed E-state index contributed by atoms with van der Waals surface area (Å²) >= 11 is 3.15. The molecule has 0 N–H and O–H groups in total. The van der Waals surface area contributed by atoms with Crippen molar-refractivity contribution >= 4 is 41.3 Å². The maximum atomic E-state index is 12.5. The van der Waals surface area contributed by atoms with Gasteiger partial charge in [-0.15, -0.1) is 0 Å². The summed E-state index contributed by atoms with van der Waals surface area (Å²) < 4.78 is 4.90. The zero-order valence-electron chi connectivity index (χ0n) is 12.6. The summed E-state index contributed by atoms with van der Waals surface area (Å²) in [7, 11) is 1.26. The number of ether oxygens (including phenoxy) is 1. The normalized spacial score (nSPS) is 15.2. The van der Waals surface area contributed by atoms with Crippen molar-refractivity contribution in [2.24, 2.45) is 0 Å². The number of methoxy groups -OCH3 is 1. The van der Waals surface area contributed by atoms with Crippen LogP contribution in [-0.2, 0) is 9.53 Å². The third kappa shape index (κ3) is 3.01. The second-order valence-corrected chi connectivity index (χ2v) is 7.08. The number of benzene rings is 1. The first-order valence-electron chi connectivity index (χ1n) is 6.65. The minimum absolute atomic E-state index is 0.0911. The lowest BCUT2D eigenvalue weighted by Crippen LogP contribution is -2.46. The van der Waals surface area contributed by atoms with E-state index in [-0.39, 0.29) is 4.58 Å². The zero-order valence-corrected chi connectivity index (χ0v) is 14.2. The number of thioether (sulfide) groups is 2. The van der Waals surface area contributed by atoms with Crippen molar-refractivity contribution < 1.29 is 19.1 Å². The molecule has 5 nitrogen and oxygen atoms in total. The lowest BCUT2D eigenvalue weighted by atomic mass is 10.1. The monoisotopic (exact) mass is 339 g/mol. The summed E-state index contributed by atoms with van der Waals surface area (Å²) in [5.74, 6) is -1.43. The van der Waals surface area contributed by atoms with Crippen LogP contribution in [0.25, 0.3) is 0 Å². The van der Waals surface area contributed by atoms with E-state index in [0.717, 1.165) is 4.90 Å². The molecule has 1 aromatic rings. The highest BCUT2D eigenvalue weighted by molar-refractivity contribution is 8.16. The van der Waals surface area contributed by atoms with Crippen LogP contribution in [0.1, 0.15) is 27.1 Å². The van der Waals surface area contributed by atoms with E-state index in [9.17, 15) is 14.4 Å². The van der Waals surface area contributed by atoms with Crippen molar-refractivity contribution in [1.82, 2.24) is 4.90 Å². The summed E-state index contributed by atoms with van der Waals surface area (Å²) in [6.45, 7) is 0. The molecule has 0 spiro atoms. The van der Waals surface area contributed by atoms with Crippen LogP contribution < -0.4 is 0 Å². The molecule has 22 heavy (non-hydrogen) atoms. The van der Waals surface area contributed by atoms with Crippen molar-refractivity contribution in [2.45, 2.75) is 17.0 Å². The van der Waals surface area contributed by atoms with Gasteiger partial charge in [0.05, 0.1) is 22.8 Å². The molecule has 2 rings (SSSR count). The van der Waals surface area contributed by atoms with E-state index in [1.165, 1.54) is 7.11 Å². The maximum absolute atomic E-state index is 12.5. The highest BCUT2D eigenvalue weighted by atomic mass is 32.2. The number of nitrogens with zero attached hydrogens (tertiary/aromatic N) is 1. The lowest BCUT2D eigenvalue weighted by Gasteiger charge is -2.26. The number of rotatable bonds is 6. The van der Waals surface area contributed by atoms with Gasteiger partial charge >= 0.3 is 5.97 Å². The average molecular weight is 339 g/mol. The average Bonchev–Trinajstić information content (AvgIpc) is 2.80. The fourth-order valence-electron chi connectivity index (χ4n) is 2.40. The topological polar surface area (TPSA) is 63.7 Å². The molecule has 0 fully saturated rings. The lowest BCUT2D eigenvalue weighted by molar-refractivity contribution is -0.145. The molecule has 0 radical (unpaired) electrons. The van der Waals surface area contributed by atoms with Gasteiger partial charge in [0.15, 0.2) is 0 Å². The molecular formula is C15H17NO4S2. The molecule has 7 heteroatoms. The number of hydrogen-bond acceptors (Lipinski definition) is 6. The molecule has 1 aromatic carbocycles. The summed E-state index contributed by atoms with van der Waals surface area (Å²) in [4.78, 5) is 38.2. The van der Waals surface area contributed by atoms with Crippen LogP contribution in [0.5, 0.6) is 0 Å². The van der Waals surface area contributed by atoms with E-state index in [1.807, 2.05) is 12.5 Å². The Morgan fingerprint density at radius 3 is 2.05 bits per heavy atom. The summed E-state index contributed by atoms with van der Waals surface area (Å²) in [5, 5.41) is 0. The van der Waals surface area contributed by atoms with E-state index in [0.29, 0.717) is 17.5 Å². The molecule has 1 aliphatic heterocycles. The van der Waals surface area contributed by atoms with Gasteiger partial charge in [-0.25, -0.2) is 4.79 Å². The molecule has 0 bridgehead atoms. The molecule has 2 amide bonds. The van der Waals surface area contributed by atoms with Gasteiger partial charge in [-0.3, -0.25) is 14.5 Å². The van der Waals surface area contributed by atoms with Crippen LogP contribution in [0.3, 0.4) is 0 Å². The Morgan fingerprint density at radius 1 is 1.14 bits per heavy atom. The number of fused-ring (bicyclic) bond motifs is 1. The molecule has 0 aliphatic carbocycles. The number of esters is 1. The zero-order chi connectivity index (χ0) is 16.3. The largest absolute Gasteiger partial charge is 0.467 e. The first-order valence-corrected chi connectivity index (χ1v) is 9.23. The number of carbonyl (C=O) groups excluding carboxylic acids is 3. The minimum atomic E-state index is -0.901. The van der Waals surface area contributed by atoms with Crippen molar-refractivity contribution in [3.8, 4) is 0 Å². The van der Waals surface area contributed by atoms with Crippen LogP contribution in [-0.4, -0.2) is 52.9 Å². The van der Waals surface area contributed by atoms with Gasteiger partial charge in [-0.2, -0.15) is 23.5 Å². The number of amides is 2. The van der Waals surface area contributed by atoms with Crippen LogP contribution >= 0.6 is 23.5 Å². The first kappa shape index (κ1) is 16.9. The third-order valence-electron chi connectivity index (χ3n) is 3.55. The van der Waals surface area contributed by atoms with Gasteiger partial charge in [0.25, 0.3) is 11.8 Å². The predicted octanol–water partition coefficient (Wildman–Crippen LogP) is 2.27. The number of carbonyl (C=O) groups is 3.